The summed E-state index contributed by atoms with van der Waals surface area (Å²) in [5.41, 5.74) is 2.50. The van der Waals surface area contributed by atoms with Crippen LogP contribution in [0.25, 0.3) is 0 Å². The summed E-state index contributed by atoms with van der Waals surface area (Å²) in [6.07, 6.45) is 8.23. The molecule has 1 aliphatic heterocycles. The Hall–Kier alpha value is -1.91. The van der Waals surface area contributed by atoms with Crippen molar-refractivity contribution in [3.63, 3.8) is 0 Å². The number of rotatable bonds is 3. The molecule has 1 unspecified atom stereocenters. The third-order valence-corrected chi connectivity index (χ3v) is 3.99. The SMILES string of the molecule is c1nc(NC2CCn3nccc3C2)cc(C2CC2)n1. The van der Waals surface area contributed by atoms with E-state index >= 15 is 0 Å². The molecule has 2 aromatic heterocycles. The molecule has 0 spiro atoms. The van der Waals surface area contributed by atoms with Gasteiger partial charge in [0.2, 0.25) is 0 Å². The lowest BCUT2D eigenvalue weighted by Crippen LogP contribution is -2.30. The zero-order valence-electron chi connectivity index (χ0n) is 10.8. The quantitative estimate of drug-likeness (QED) is 0.911. The number of fused-ring (bicyclic) bond motifs is 1. The van der Waals surface area contributed by atoms with Crippen molar-refractivity contribution in [2.45, 2.75) is 44.2 Å². The highest BCUT2D eigenvalue weighted by Gasteiger charge is 2.25. The molecule has 5 nitrogen and oxygen atoms in total. The Bertz CT molecular complexity index is 587. The van der Waals surface area contributed by atoms with Gasteiger partial charge in [0.25, 0.3) is 0 Å². The zero-order chi connectivity index (χ0) is 12.7. The van der Waals surface area contributed by atoms with E-state index in [0.29, 0.717) is 12.0 Å². The van der Waals surface area contributed by atoms with Crippen molar-refractivity contribution in [2.24, 2.45) is 0 Å². The minimum Gasteiger partial charge on any atom is -0.367 e. The third-order valence-electron chi connectivity index (χ3n) is 3.99. The van der Waals surface area contributed by atoms with Crippen LogP contribution in [0.4, 0.5) is 5.82 Å². The molecule has 1 atom stereocenters. The van der Waals surface area contributed by atoms with Gasteiger partial charge in [-0.25, -0.2) is 9.97 Å². The van der Waals surface area contributed by atoms with Gasteiger partial charge in [-0.2, -0.15) is 5.10 Å². The highest BCUT2D eigenvalue weighted by molar-refractivity contribution is 5.38. The summed E-state index contributed by atoms with van der Waals surface area (Å²) in [5.74, 6) is 1.64. The van der Waals surface area contributed by atoms with Crippen LogP contribution in [0.5, 0.6) is 0 Å². The fourth-order valence-electron chi connectivity index (χ4n) is 2.75. The molecule has 0 amide bonds. The van der Waals surface area contributed by atoms with E-state index < -0.39 is 0 Å². The molecule has 1 saturated carbocycles. The fourth-order valence-corrected chi connectivity index (χ4v) is 2.75. The van der Waals surface area contributed by atoms with E-state index in [1.807, 2.05) is 6.20 Å². The molecule has 0 saturated heterocycles. The molecular formula is C14H17N5. The van der Waals surface area contributed by atoms with E-state index in [0.717, 1.165) is 25.2 Å². The first kappa shape index (κ1) is 11.0. The predicted molar refractivity (Wildman–Crippen MR) is 72.0 cm³/mol. The molecule has 98 valence electrons. The second-order valence-corrected chi connectivity index (χ2v) is 5.48. The van der Waals surface area contributed by atoms with Crippen LogP contribution in [0.15, 0.2) is 24.7 Å². The van der Waals surface area contributed by atoms with Crippen LogP contribution in [-0.4, -0.2) is 25.8 Å². The van der Waals surface area contributed by atoms with Gasteiger partial charge in [0, 0.05) is 48.6 Å². The number of nitrogens with one attached hydrogen (secondary N) is 1. The average molecular weight is 255 g/mol. The van der Waals surface area contributed by atoms with Crippen molar-refractivity contribution in [3.8, 4) is 0 Å². The van der Waals surface area contributed by atoms with E-state index in [9.17, 15) is 0 Å². The lowest BCUT2D eigenvalue weighted by Gasteiger charge is -2.24. The van der Waals surface area contributed by atoms with Crippen molar-refractivity contribution in [1.82, 2.24) is 19.7 Å². The van der Waals surface area contributed by atoms with Crippen LogP contribution < -0.4 is 5.32 Å². The summed E-state index contributed by atoms with van der Waals surface area (Å²) < 4.78 is 2.09. The van der Waals surface area contributed by atoms with Gasteiger partial charge in [0.15, 0.2) is 0 Å². The standard InChI is InChI=1S/C14H17N5/c1-2-10(1)13-8-14(16-9-15-13)18-11-4-6-19-12(7-11)3-5-17-19/h3,5,8-11H,1-2,4,6-7H2,(H,15,16,18). The summed E-state index contributed by atoms with van der Waals surface area (Å²) in [7, 11) is 0. The van der Waals surface area contributed by atoms with E-state index in [2.05, 4.69) is 37.2 Å². The molecule has 0 bridgehead atoms. The first-order valence-corrected chi connectivity index (χ1v) is 6.97. The predicted octanol–water partition coefficient (Wildman–Crippen LogP) is 1.98. The van der Waals surface area contributed by atoms with Gasteiger partial charge in [0.1, 0.15) is 12.1 Å². The largest absolute Gasteiger partial charge is 0.367 e. The molecule has 2 aliphatic rings. The summed E-state index contributed by atoms with van der Waals surface area (Å²) in [6, 6.07) is 4.67. The number of hydrogen-bond donors (Lipinski definition) is 1. The Labute approximate surface area is 112 Å². The monoisotopic (exact) mass is 255 g/mol. The summed E-state index contributed by atoms with van der Waals surface area (Å²) >= 11 is 0. The minimum atomic E-state index is 0.450. The van der Waals surface area contributed by atoms with Crippen LogP contribution in [0, 0.1) is 0 Å². The van der Waals surface area contributed by atoms with Crippen molar-refractivity contribution in [2.75, 3.05) is 5.32 Å². The van der Waals surface area contributed by atoms with E-state index in [4.69, 9.17) is 0 Å². The van der Waals surface area contributed by atoms with E-state index in [1.54, 1.807) is 6.33 Å². The van der Waals surface area contributed by atoms with Gasteiger partial charge in [-0.3, -0.25) is 4.68 Å². The first-order chi connectivity index (χ1) is 9.38. The Balaban J connectivity index is 1.48. The second-order valence-electron chi connectivity index (χ2n) is 5.48. The van der Waals surface area contributed by atoms with E-state index in [-0.39, 0.29) is 0 Å². The van der Waals surface area contributed by atoms with Crippen LogP contribution in [0.2, 0.25) is 0 Å². The molecule has 3 heterocycles. The maximum atomic E-state index is 4.36. The molecule has 19 heavy (non-hydrogen) atoms. The summed E-state index contributed by atoms with van der Waals surface area (Å²) in [5, 5.41) is 7.85. The number of aromatic nitrogens is 4. The lowest BCUT2D eigenvalue weighted by atomic mass is 10.0. The number of hydrogen-bond acceptors (Lipinski definition) is 4. The second kappa shape index (κ2) is 4.33. The normalized spacial score (nSPS) is 22.0. The van der Waals surface area contributed by atoms with Gasteiger partial charge < -0.3 is 5.32 Å². The minimum absolute atomic E-state index is 0.450. The van der Waals surface area contributed by atoms with Crippen LogP contribution in [0.1, 0.15) is 36.6 Å². The zero-order valence-corrected chi connectivity index (χ0v) is 10.8. The first-order valence-electron chi connectivity index (χ1n) is 6.97. The molecule has 2 aromatic rings. The number of nitrogens with zero attached hydrogens (tertiary/aromatic N) is 4. The lowest BCUT2D eigenvalue weighted by molar-refractivity contribution is 0.455. The highest BCUT2D eigenvalue weighted by Crippen LogP contribution is 2.39. The molecule has 1 N–H and O–H groups in total. The topological polar surface area (TPSA) is 55.6 Å². The fraction of sp³-hybridized carbons (Fsp3) is 0.500. The van der Waals surface area contributed by atoms with Gasteiger partial charge in [0.05, 0.1) is 0 Å². The number of anilines is 1. The summed E-state index contributed by atoms with van der Waals surface area (Å²) in [6.45, 7) is 0.987. The Morgan fingerprint density at radius 2 is 2.16 bits per heavy atom. The Morgan fingerprint density at radius 3 is 3.05 bits per heavy atom. The molecule has 4 rings (SSSR count). The van der Waals surface area contributed by atoms with Crippen molar-refractivity contribution >= 4 is 5.82 Å². The molecule has 1 fully saturated rings. The van der Waals surface area contributed by atoms with Gasteiger partial charge in [-0.1, -0.05) is 0 Å². The van der Waals surface area contributed by atoms with E-state index in [1.165, 1.54) is 24.2 Å². The van der Waals surface area contributed by atoms with Crippen LogP contribution in [-0.2, 0) is 13.0 Å². The molecule has 1 aliphatic carbocycles. The summed E-state index contributed by atoms with van der Waals surface area (Å²) in [4.78, 5) is 8.70. The molecular weight excluding hydrogens is 238 g/mol. The Kier molecular flexibility index (Phi) is 2.50. The van der Waals surface area contributed by atoms with Gasteiger partial charge >= 0.3 is 0 Å². The number of aryl methyl sites for hydroxylation is 1. The maximum Gasteiger partial charge on any atom is 0.129 e. The van der Waals surface area contributed by atoms with Crippen molar-refractivity contribution in [1.29, 1.82) is 0 Å². The molecule has 0 radical (unpaired) electrons. The van der Waals surface area contributed by atoms with Crippen molar-refractivity contribution in [3.05, 3.63) is 36.0 Å². The molecule has 0 aromatic carbocycles. The molecule has 5 heteroatoms. The third kappa shape index (κ3) is 2.20. The average Bonchev–Trinajstić information content (AvgIpc) is 3.18. The highest BCUT2D eigenvalue weighted by atomic mass is 15.3. The maximum absolute atomic E-state index is 4.36. The van der Waals surface area contributed by atoms with Crippen LogP contribution in [0.3, 0.4) is 0 Å². The Morgan fingerprint density at radius 1 is 1.21 bits per heavy atom. The smallest absolute Gasteiger partial charge is 0.129 e. The van der Waals surface area contributed by atoms with Crippen molar-refractivity contribution < 1.29 is 0 Å². The van der Waals surface area contributed by atoms with Gasteiger partial charge in [-0.15, -0.1) is 0 Å². The van der Waals surface area contributed by atoms with Crippen LogP contribution >= 0.6 is 0 Å². The van der Waals surface area contributed by atoms with Gasteiger partial charge in [-0.05, 0) is 25.3 Å².